The Hall–Kier alpha value is -0.790. The van der Waals surface area contributed by atoms with Gasteiger partial charge in [0.25, 0.3) is 0 Å². The van der Waals surface area contributed by atoms with Crippen LogP contribution < -0.4 is 0 Å². The van der Waals surface area contributed by atoms with Crippen LogP contribution in [0.1, 0.15) is 5.56 Å². The molecule has 1 rings (SSSR count). The van der Waals surface area contributed by atoms with E-state index in [1.54, 1.807) is 13.2 Å². The highest BCUT2D eigenvalue weighted by Crippen LogP contribution is 2.10. The Balaban J connectivity index is 2.58. The lowest BCUT2D eigenvalue weighted by Crippen LogP contribution is -1.73. The third kappa shape index (κ3) is 3.07. The highest BCUT2D eigenvalue weighted by Gasteiger charge is 1.86. The Kier molecular flexibility index (Phi) is 3.85. The van der Waals surface area contributed by atoms with E-state index in [0.29, 0.717) is 0 Å². The van der Waals surface area contributed by atoms with Crippen molar-refractivity contribution in [2.24, 2.45) is 0 Å². The van der Waals surface area contributed by atoms with E-state index in [1.807, 2.05) is 30.3 Å². The van der Waals surface area contributed by atoms with E-state index in [-0.39, 0.29) is 0 Å². The van der Waals surface area contributed by atoms with Crippen LogP contribution in [-0.2, 0) is 4.74 Å². The van der Waals surface area contributed by atoms with E-state index < -0.39 is 0 Å². The standard InChI is InChI=1S/C10H9ClO/c1-12-8-2-3-9-4-6-10(11)7-5-9/h2-7H,1H3/b3-2+. The van der Waals surface area contributed by atoms with Crippen LogP contribution >= 0.6 is 11.6 Å². The van der Waals surface area contributed by atoms with Crippen molar-refractivity contribution >= 4 is 17.7 Å². The summed E-state index contributed by atoms with van der Waals surface area (Å²) < 4.78 is 4.62. The number of benzene rings is 1. The molecule has 1 aromatic carbocycles. The average molecular weight is 181 g/mol. The van der Waals surface area contributed by atoms with E-state index in [9.17, 15) is 0 Å². The SMILES string of the molecule is CO[C]/C=C/c1ccc(Cl)cc1. The van der Waals surface area contributed by atoms with Gasteiger partial charge in [0.15, 0.2) is 6.61 Å². The van der Waals surface area contributed by atoms with Gasteiger partial charge in [-0.2, -0.15) is 0 Å². The van der Waals surface area contributed by atoms with Crippen molar-refractivity contribution in [2.75, 3.05) is 7.11 Å². The molecule has 0 spiro atoms. The molecule has 0 aliphatic heterocycles. The smallest absolute Gasteiger partial charge is 0.158 e. The highest BCUT2D eigenvalue weighted by atomic mass is 35.5. The van der Waals surface area contributed by atoms with E-state index >= 15 is 0 Å². The van der Waals surface area contributed by atoms with Crippen LogP contribution in [0.5, 0.6) is 0 Å². The van der Waals surface area contributed by atoms with Gasteiger partial charge in [-0.25, -0.2) is 0 Å². The van der Waals surface area contributed by atoms with Crippen molar-refractivity contribution in [3.05, 3.63) is 47.5 Å². The van der Waals surface area contributed by atoms with Crippen molar-refractivity contribution in [1.29, 1.82) is 0 Å². The van der Waals surface area contributed by atoms with Gasteiger partial charge in [0.05, 0.1) is 0 Å². The molecule has 0 atom stereocenters. The minimum atomic E-state index is 0.742. The fourth-order valence-corrected chi connectivity index (χ4v) is 0.898. The number of halogens is 1. The van der Waals surface area contributed by atoms with Crippen LogP contribution in [0.2, 0.25) is 5.02 Å². The fourth-order valence-electron chi connectivity index (χ4n) is 0.772. The summed E-state index contributed by atoms with van der Waals surface area (Å²) in [6.45, 7) is 2.60. The molecule has 62 valence electrons. The molecule has 1 aromatic rings. The van der Waals surface area contributed by atoms with Gasteiger partial charge in [0.2, 0.25) is 0 Å². The molecular formula is C10H9ClO. The number of ether oxygens (including phenoxy) is 1. The molecule has 0 aliphatic carbocycles. The molecule has 0 saturated heterocycles. The molecule has 0 unspecified atom stereocenters. The van der Waals surface area contributed by atoms with E-state index in [4.69, 9.17) is 11.6 Å². The number of hydrogen-bond donors (Lipinski definition) is 0. The van der Waals surface area contributed by atoms with E-state index in [0.717, 1.165) is 10.6 Å². The summed E-state index contributed by atoms with van der Waals surface area (Å²) in [5, 5.41) is 0.742. The van der Waals surface area contributed by atoms with Crippen LogP contribution in [0, 0.1) is 6.61 Å². The lowest BCUT2D eigenvalue weighted by Gasteiger charge is -1.92. The predicted molar refractivity (Wildman–Crippen MR) is 50.7 cm³/mol. The minimum absolute atomic E-state index is 0.742. The molecule has 0 bridgehead atoms. The summed E-state index contributed by atoms with van der Waals surface area (Å²) in [5.41, 5.74) is 1.07. The van der Waals surface area contributed by atoms with Crippen molar-refractivity contribution in [2.45, 2.75) is 0 Å². The summed E-state index contributed by atoms with van der Waals surface area (Å²) in [6.07, 6.45) is 3.60. The zero-order valence-electron chi connectivity index (χ0n) is 6.75. The maximum Gasteiger partial charge on any atom is 0.158 e. The zero-order valence-corrected chi connectivity index (χ0v) is 7.51. The maximum absolute atomic E-state index is 5.71. The largest absolute Gasteiger partial charge is 0.367 e. The van der Waals surface area contributed by atoms with Gasteiger partial charge in [-0.3, -0.25) is 0 Å². The summed E-state index contributed by atoms with van der Waals surface area (Å²) in [5.74, 6) is 0. The van der Waals surface area contributed by atoms with Crippen LogP contribution in [0.3, 0.4) is 0 Å². The topological polar surface area (TPSA) is 9.23 Å². The van der Waals surface area contributed by atoms with Crippen molar-refractivity contribution in [1.82, 2.24) is 0 Å². The first kappa shape index (κ1) is 9.30. The first-order valence-corrected chi connectivity index (χ1v) is 3.91. The molecule has 12 heavy (non-hydrogen) atoms. The Morgan fingerprint density at radius 2 is 2.00 bits per heavy atom. The lowest BCUT2D eigenvalue weighted by atomic mass is 10.2. The second-order valence-corrected chi connectivity index (χ2v) is 2.64. The Morgan fingerprint density at radius 3 is 2.58 bits per heavy atom. The van der Waals surface area contributed by atoms with Gasteiger partial charge in [-0.05, 0) is 23.8 Å². The molecular weight excluding hydrogens is 172 g/mol. The molecule has 0 saturated carbocycles. The number of rotatable bonds is 3. The molecule has 0 heterocycles. The predicted octanol–water partition coefficient (Wildman–Crippen LogP) is 3.04. The van der Waals surface area contributed by atoms with Crippen LogP contribution in [0.25, 0.3) is 6.08 Å². The van der Waals surface area contributed by atoms with Crippen molar-refractivity contribution in [3.63, 3.8) is 0 Å². The number of methoxy groups -OCH3 is 1. The van der Waals surface area contributed by atoms with Crippen LogP contribution in [0.15, 0.2) is 30.3 Å². The van der Waals surface area contributed by atoms with Crippen LogP contribution in [0.4, 0.5) is 0 Å². The first-order chi connectivity index (χ1) is 5.83. The van der Waals surface area contributed by atoms with Gasteiger partial charge in [0, 0.05) is 12.1 Å². The fraction of sp³-hybridized carbons (Fsp3) is 0.100. The summed E-state index contributed by atoms with van der Waals surface area (Å²) in [4.78, 5) is 0. The zero-order chi connectivity index (χ0) is 8.81. The maximum atomic E-state index is 5.71. The minimum Gasteiger partial charge on any atom is -0.367 e. The van der Waals surface area contributed by atoms with E-state index in [2.05, 4.69) is 11.3 Å². The quantitative estimate of drug-likeness (QED) is 0.695. The Bertz CT molecular complexity index is 251. The molecule has 0 fully saturated rings. The summed E-state index contributed by atoms with van der Waals surface area (Å²) in [7, 11) is 1.56. The Labute approximate surface area is 77.6 Å². The molecule has 0 N–H and O–H groups in total. The molecule has 2 heteroatoms. The van der Waals surface area contributed by atoms with Gasteiger partial charge in [-0.1, -0.05) is 29.8 Å². The Morgan fingerprint density at radius 1 is 1.33 bits per heavy atom. The second kappa shape index (κ2) is 4.96. The molecule has 2 radical (unpaired) electrons. The summed E-state index contributed by atoms with van der Waals surface area (Å²) in [6, 6.07) is 7.54. The number of hydrogen-bond acceptors (Lipinski definition) is 1. The first-order valence-electron chi connectivity index (χ1n) is 3.53. The molecule has 1 nitrogen and oxygen atoms in total. The third-order valence-electron chi connectivity index (χ3n) is 1.33. The van der Waals surface area contributed by atoms with E-state index in [1.165, 1.54) is 0 Å². The average Bonchev–Trinajstić information content (AvgIpc) is 2.09. The van der Waals surface area contributed by atoms with Gasteiger partial charge < -0.3 is 4.74 Å². The third-order valence-corrected chi connectivity index (χ3v) is 1.58. The second-order valence-electron chi connectivity index (χ2n) is 2.21. The highest BCUT2D eigenvalue weighted by molar-refractivity contribution is 6.30. The van der Waals surface area contributed by atoms with Gasteiger partial charge >= 0.3 is 0 Å². The molecule has 0 aromatic heterocycles. The van der Waals surface area contributed by atoms with Gasteiger partial charge in [-0.15, -0.1) is 0 Å². The normalized spacial score (nSPS) is 10.8. The molecule has 0 aliphatic rings. The summed E-state index contributed by atoms with van der Waals surface area (Å²) >= 11 is 5.71. The van der Waals surface area contributed by atoms with Crippen LogP contribution in [-0.4, -0.2) is 7.11 Å². The lowest BCUT2D eigenvalue weighted by molar-refractivity contribution is 0.297. The molecule has 0 amide bonds. The van der Waals surface area contributed by atoms with Crippen molar-refractivity contribution in [3.8, 4) is 0 Å². The van der Waals surface area contributed by atoms with Gasteiger partial charge in [0.1, 0.15) is 0 Å². The monoisotopic (exact) mass is 180 g/mol. The van der Waals surface area contributed by atoms with Crippen molar-refractivity contribution < 1.29 is 4.74 Å².